The number of rotatable bonds is 2. The van der Waals surface area contributed by atoms with Crippen molar-refractivity contribution in [3.05, 3.63) is 34.3 Å². The third kappa shape index (κ3) is 2.10. The number of halogens is 1. The first-order chi connectivity index (χ1) is 7.65. The van der Waals surface area contributed by atoms with Gasteiger partial charge in [-0.3, -0.25) is 4.79 Å². The third-order valence-corrected chi connectivity index (χ3v) is 3.41. The second kappa shape index (κ2) is 4.26. The molecular weight excluding hydrogens is 268 g/mol. The number of hydrogen-bond acceptors (Lipinski definition) is 2. The molecule has 0 heterocycles. The lowest BCUT2D eigenvalue weighted by atomic mass is 9.78. The summed E-state index contributed by atoms with van der Waals surface area (Å²) in [6, 6.07) is 9.29. The van der Waals surface area contributed by atoms with E-state index in [-0.39, 0.29) is 5.91 Å². The largest absolute Gasteiger partial charge is 0.334 e. The fraction of sp³-hybridized carbons (Fsp3) is 0.333. The summed E-state index contributed by atoms with van der Waals surface area (Å²) >= 11 is 3.31. The van der Waals surface area contributed by atoms with Crippen molar-refractivity contribution >= 4 is 21.8 Å². The number of nitriles is 1. The van der Waals surface area contributed by atoms with Crippen molar-refractivity contribution in [2.45, 2.75) is 24.8 Å². The molecule has 1 fully saturated rings. The Balaban J connectivity index is 2.09. The summed E-state index contributed by atoms with van der Waals surface area (Å²) in [5, 5.41) is 11.8. The SMILES string of the molecule is N#CC1(NC(=O)c2ccc(Br)cc2)CCC1. The lowest BCUT2D eigenvalue weighted by molar-refractivity contribution is 0.0881. The van der Waals surface area contributed by atoms with Crippen molar-refractivity contribution in [3.8, 4) is 6.07 Å². The summed E-state index contributed by atoms with van der Waals surface area (Å²) in [7, 11) is 0. The molecule has 4 heteroatoms. The number of nitrogens with zero attached hydrogens (tertiary/aromatic N) is 1. The molecule has 3 nitrogen and oxygen atoms in total. The van der Waals surface area contributed by atoms with E-state index in [9.17, 15) is 4.79 Å². The summed E-state index contributed by atoms with van der Waals surface area (Å²) in [5.74, 6) is -0.172. The molecule has 16 heavy (non-hydrogen) atoms. The lowest BCUT2D eigenvalue weighted by Gasteiger charge is -2.35. The molecule has 0 radical (unpaired) electrons. The van der Waals surface area contributed by atoms with Gasteiger partial charge in [0, 0.05) is 10.0 Å². The molecule has 82 valence electrons. The van der Waals surface area contributed by atoms with Crippen molar-refractivity contribution < 1.29 is 4.79 Å². The van der Waals surface area contributed by atoms with E-state index in [2.05, 4.69) is 27.3 Å². The van der Waals surface area contributed by atoms with Gasteiger partial charge >= 0.3 is 0 Å². The van der Waals surface area contributed by atoms with E-state index in [1.807, 2.05) is 12.1 Å². The minimum absolute atomic E-state index is 0.172. The highest BCUT2D eigenvalue weighted by Gasteiger charge is 2.38. The molecule has 0 aliphatic heterocycles. The van der Waals surface area contributed by atoms with E-state index >= 15 is 0 Å². The van der Waals surface area contributed by atoms with Crippen LogP contribution in [0.5, 0.6) is 0 Å². The van der Waals surface area contributed by atoms with Crippen molar-refractivity contribution in [2.24, 2.45) is 0 Å². The van der Waals surface area contributed by atoms with Gasteiger partial charge in [-0.1, -0.05) is 15.9 Å². The van der Waals surface area contributed by atoms with Crippen LogP contribution in [0, 0.1) is 11.3 Å². The zero-order valence-corrected chi connectivity index (χ0v) is 10.3. The Morgan fingerprint density at radius 3 is 2.44 bits per heavy atom. The molecule has 1 N–H and O–H groups in total. The summed E-state index contributed by atoms with van der Waals surface area (Å²) in [5.41, 5.74) is -0.0332. The molecular formula is C12H11BrN2O. The molecule has 0 unspecified atom stereocenters. The first-order valence-electron chi connectivity index (χ1n) is 5.15. The van der Waals surface area contributed by atoms with Gasteiger partial charge in [-0.15, -0.1) is 0 Å². The van der Waals surface area contributed by atoms with Crippen LogP contribution in [-0.2, 0) is 0 Å². The molecule has 0 aromatic heterocycles. The van der Waals surface area contributed by atoms with Gasteiger partial charge < -0.3 is 5.32 Å². The van der Waals surface area contributed by atoms with E-state index in [1.165, 1.54) is 0 Å². The topological polar surface area (TPSA) is 52.9 Å². The number of amides is 1. The average molecular weight is 279 g/mol. The van der Waals surface area contributed by atoms with Gasteiger partial charge in [-0.2, -0.15) is 5.26 Å². The molecule has 1 aliphatic rings. The van der Waals surface area contributed by atoms with Gasteiger partial charge in [0.25, 0.3) is 5.91 Å². The van der Waals surface area contributed by atoms with Gasteiger partial charge in [0.2, 0.25) is 0 Å². The van der Waals surface area contributed by atoms with E-state index in [0.717, 1.165) is 23.7 Å². The Hall–Kier alpha value is -1.34. The summed E-state index contributed by atoms with van der Waals surface area (Å²) < 4.78 is 0.933. The molecule has 1 aliphatic carbocycles. The van der Waals surface area contributed by atoms with Gasteiger partial charge in [0.1, 0.15) is 5.54 Å². The molecule has 1 amide bonds. The fourth-order valence-corrected chi connectivity index (χ4v) is 1.95. The van der Waals surface area contributed by atoms with Crippen molar-refractivity contribution in [1.29, 1.82) is 5.26 Å². The quantitative estimate of drug-likeness (QED) is 0.904. The number of nitrogens with one attached hydrogen (secondary N) is 1. The molecule has 0 saturated heterocycles. The zero-order valence-electron chi connectivity index (χ0n) is 8.66. The van der Waals surface area contributed by atoms with E-state index < -0.39 is 5.54 Å². The van der Waals surface area contributed by atoms with Crippen LogP contribution >= 0.6 is 15.9 Å². The maximum Gasteiger partial charge on any atom is 0.252 e. The van der Waals surface area contributed by atoms with Crippen LogP contribution in [-0.4, -0.2) is 11.4 Å². The van der Waals surface area contributed by atoms with E-state index in [0.29, 0.717) is 5.56 Å². The second-order valence-electron chi connectivity index (χ2n) is 4.01. The first kappa shape index (κ1) is 11.2. The van der Waals surface area contributed by atoms with E-state index in [1.54, 1.807) is 12.1 Å². The Labute approximate surface area is 103 Å². The highest BCUT2D eigenvalue weighted by Crippen LogP contribution is 2.31. The summed E-state index contributed by atoms with van der Waals surface area (Å²) in [6.07, 6.45) is 2.52. The van der Waals surface area contributed by atoms with Crippen molar-refractivity contribution in [1.82, 2.24) is 5.32 Å². The fourth-order valence-electron chi connectivity index (χ4n) is 1.69. The van der Waals surface area contributed by atoms with E-state index in [4.69, 9.17) is 5.26 Å². The monoisotopic (exact) mass is 278 g/mol. The number of hydrogen-bond donors (Lipinski definition) is 1. The van der Waals surface area contributed by atoms with Crippen LogP contribution in [0.2, 0.25) is 0 Å². The van der Waals surface area contributed by atoms with Crippen LogP contribution in [0.4, 0.5) is 0 Å². The van der Waals surface area contributed by atoms with Crippen LogP contribution < -0.4 is 5.32 Å². The van der Waals surface area contributed by atoms with Gasteiger partial charge in [-0.25, -0.2) is 0 Å². The standard InChI is InChI=1S/C12H11BrN2O/c13-10-4-2-9(3-5-10)11(16)15-12(8-14)6-1-7-12/h2-5H,1,6-7H2,(H,15,16). The molecule has 0 atom stereocenters. The molecule has 0 spiro atoms. The summed E-state index contributed by atoms with van der Waals surface area (Å²) in [6.45, 7) is 0. The predicted molar refractivity (Wildman–Crippen MR) is 63.8 cm³/mol. The number of carbonyl (C=O) groups is 1. The van der Waals surface area contributed by atoms with Crippen LogP contribution in [0.15, 0.2) is 28.7 Å². The van der Waals surface area contributed by atoms with Crippen molar-refractivity contribution in [3.63, 3.8) is 0 Å². The van der Waals surface area contributed by atoms with Gasteiger partial charge in [0.15, 0.2) is 0 Å². The van der Waals surface area contributed by atoms with Crippen LogP contribution in [0.1, 0.15) is 29.6 Å². The third-order valence-electron chi connectivity index (χ3n) is 2.88. The first-order valence-corrected chi connectivity index (χ1v) is 5.94. The van der Waals surface area contributed by atoms with Gasteiger partial charge in [-0.05, 0) is 43.5 Å². The molecule has 1 aromatic carbocycles. The highest BCUT2D eigenvalue weighted by molar-refractivity contribution is 9.10. The van der Waals surface area contributed by atoms with Gasteiger partial charge in [0.05, 0.1) is 6.07 Å². The summed E-state index contributed by atoms with van der Waals surface area (Å²) in [4.78, 5) is 11.8. The molecule has 1 aromatic rings. The Kier molecular flexibility index (Phi) is 2.97. The number of carbonyl (C=O) groups excluding carboxylic acids is 1. The minimum Gasteiger partial charge on any atom is -0.334 e. The molecule has 1 saturated carbocycles. The van der Waals surface area contributed by atoms with Crippen LogP contribution in [0.25, 0.3) is 0 Å². The number of benzene rings is 1. The Morgan fingerprint density at radius 1 is 1.38 bits per heavy atom. The maximum atomic E-state index is 11.8. The highest BCUT2D eigenvalue weighted by atomic mass is 79.9. The average Bonchev–Trinajstić information content (AvgIpc) is 2.24. The normalized spacial score (nSPS) is 17.0. The minimum atomic E-state index is -0.621. The van der Waals surface area contributed by atoms with Crippen LogP contribution in [0.3, 0.4) is 0 Å². The Bertz CT molecular complexity index is 443. The van der Waals surface area contributed by atoms with Crippen molar-refractivity contribution in [2.75, 3.05) is 0 Å². The second-order valence-corrected chi connectivity index (χ2v) is 4.92. The zero-order chi connectivity index (χ0) is 11.6. The Morgan fingerprint density at radius 2 is 2.00 bits per heavy atom. The lowest BCUT2D eigenvalue weighted by Crippen LogP contribution is -2.52. The molecule has 2 rings (SSSR count). The molecule has 0 bridgehead atoms. The smallest absolute Gasteiger partial charge is 0.252 e. The predicted octanol–water partition coefficient (Wildman–Crippen LogP) is 2.63. The maximum absolute atomic E-state index is 11.8.